The van der Waals surface area contributed by atoms with Crippen molar-refractivity contribution in [2.24, 2.45) is 0 Å². The van der Waals surface area contributed by atoms with Crippen LogP contribution in [0.2, 0.25) is 5.02 Å². The summed E-state index contributed by atoms with van der Waals surface area (Å²) in [5, 5.41) is 25.1. The molecule has 0 aliphatic rings. The molecular formula is C14H19ClN4O5. The fourth-order valence-electron chi connectivity index (χ4n) is 1.84. The molecule has 0 aliphatic heterocycles. The Morgan fingerprint density at radius 2 is 2.08 bits per heavy atom. The fourth-order valence-corrected chi connectivity index (χ4v) is 2.02. The lowest BCUT2D eigenvalue weighted by molar-refractivity contribution is -0.384. The first kappa shape index (κ1) is 19.8. The number of carboxylic acid groups (broad SMARTS) is 1. The minimum absolute atomic E-state index is 0.0493. The second kappa shape index (κ2) is 9.16. The van der Waals surface area contributed by atoms with Gasteiger partial charge in [-0.15, -0.1) is 0 Å². The summed E-state index contributed by atoms with van der Waals surface area (Å²) in [4.78, 5) is 35.2. The molecule has 1 amide bonds. The van der Waals surface area contributed by atoms with Crippen LogP contribution in [0.5, 0.6) is 0 Å². The molecule has 0 heterocycles. The van der Waals surface area contributed by atoms with Crippen molar-refractivity contribution in [3.8, 4) is 0 Å². The molecule has 24 heavy (non-hydrogen) atoms. The molecular weight excluding hydrogens is 340 g/mol. The minimum Gasteiger partial charge on any atom is -0.480 e. The van der Waals surface area contributed by atoms with Crippen LogP contribution < -0.4 is 10.6 Å². The maximum Gasteiger partial charge on any atom is 0.321 e. The number of benzene rings is 1. The maximum atomic E-state index is 12.0. The first-order chi connectivity index (χ1) is 11.2. The predicted octanol–water partition coefficient (Wildman–Crippen LogP) is 1.18. The molecule has 1 unspecified atom stereocenters. The number of nitro benzene ring substituents is 1. The predicted molar refractivity (Wildman–Crippen MR) is 89.3 cm³/mol. The standard InChI is InChI=1S/C14H19ClN4O5/c1-18(2)6-5-16-11(14(21)22)8-13(20)17-9-3-4-10(15)12(7-9)19(23)24/h3-4,7,11,16H,5-6,8H2,1-2H3,(H,17,20)(H,21,22). The van der Waals surface area contributed by atoms with E-state index in [1.165, 1.54) is 12.1 Å². The third kappa shape index (κ3) is 6.49. The number of nitrogens with zero attached hydrogens (tertiary/aromatic N) is 2. The van der Waals surface area contributed by atoms with Gasteiger partial charge in [-0.1, -0.05) is 11.6 Å². The lowest BCUT2D eigenvalue weighted by Gasteiger charge is -2.16. The smallest absolute Gasteiger partial charge is 0.321 e. The Kier molecular flexibility index (Phi) is 7.56. The second-order valence-electron chi connectivity index (χ2n) is 5.32. The topological polar surface area (TPSA) is 125 Å². The summed E-state index contributed by atoms with van der Waals surface area (Å²) in [5.41, 5.74) is -0.165. The van der Waals surface area contributed by atoms with Gasteiger partial charge in [0, 0.05) is 24.8 Å². The summed E-state index contributed by atoms with van der Waals surface area (Å²) in [5.74, 6) is -1.72. The molecule has 0 spiro atoms. The van der Waals surface area contributed by atoms with Crippen LogP contribution in [-0.4, -0.2) is 60.0 Å². The first-order valence-corrected chi connectivity index (χ1v) is 7.43. The molecule has 1 aromatic rings. The van der Waals surface area contributed by atoms with Gasteiger partial charge in [0.15, 0.2) is 0 Å². The molecule has 0 saturated carbocycles. The Bertz CT molecular complexity index is 623. The summed E-state index contributed by atoms with van der Waals surface area (Å²) < 4.78 is 0. The zero-order chi connectivity index (χ0) is 18.3. The molecule has 0 saturated heterocycles. The van der Waals surface area contributed by atoms with E-state index in [-0.39, 0.29) is 22.8 Å². The highest BCUT2D eigenvalue weighted by atomic mass is 35.5. The van der Waals surface area contributed by atoms with Gasteiger partial charge in [0.25, 0.3) is 5.69 Å². The number of anilines is 1. The fraction of sp³-hybridized carbons (Fsp3) is 0.429. The number of hydrogen-bond donors (Lipinski definition) is 3. The molecule has 9 nitrogen and oxygen atoms in total. The number of likely N-dealkylation sites (N-methyl/N-ethyl adjacent to an activating group) is 1. The van der Waals surface area contributed by atoms with Crippen molar-refractivity contribution in [3.05, 3.63) is 33.3 Å². The lowest BCUT2D eigenvalue weighted by atomic mass is 10.2. The molecule has 1 aromatic carbocycles. The maximum absolute atomic E-state index is 12.0. The lowest BCUT2D eigenvalue weighted by Crippen LogP contribution is -2.42. The number of aliphatic carboxylic acids is 1. The van der Waals surface area contributed by atoms with Crippen molar-refractivity contribution >= 4 is 34.9 Å². The SMILES string of the molecule is CN(C)CCNC(CC(=O)Nc1ccc(Cl)c([N+](=O)[O-])c1)C(=O)O. The largest absolute Gasteiger partial charge is 0.480 e. The van der Waals surface area contributed by atoms with Gasteiger partial charge in [-0.2, -0.15) is 0 Å². The highest BCUT2D eigenvalue weighted by molar-refractivity contribution is 6.32. The van der Waals surface area contributed by atoms with Gasteiger partial charge in [0.05, 0.1) is 11.3 Å². The molecule has 132 valence electrons. The number of carboxylic acids is 1. The van der Waals surface area contributed by atoms with E-state index in [1.807, 2.05) is 19.0 Å². The molecule has 1 atom stereocenters. The number of nitro groups is 1. The van der Waals surface area contributed by atoms with Crippen molar-refractivity contribution in [2.45, 2.75) is 12.5 Å². The van der Waals surface area contributed by atoms with E-state index in [1.54, 1.807) is 0 Å². The number of rotatable bonds is 9. The van der Waals surface area contributed by atoms with Gasteiger partial charge in [-0.3, -0.25) is 19.7 Å². The number of carbonyl (C=O) groups excluding carboxylic acids is 1. The van der Waals surface area contributed by atoms with E-state index >= 15 is 0 Å². The van der Waals surface area contributed by atoms with Crippen molar-refractivity contribution in [3.63, 3.8) is 0 Å². The molecule has 10 heteroatoms. The quantitative estimate of drug-likeness (QED) is 0.447. The first-order valence-electron chi connectivity index (χ1n) is 7.05. The van der Waals surface area contributed by atoms with Crippen LogP contribution in [-0.2, 0) is 9.59 Å². The second-order valence-corrected chi connectivity index (χ2v) is 5.73. The summed E-state index contributed by atoms with van der Waals surface area (Å²) in [7, 11) is 3.69. The number of hydrogen-bond acceptors (Lipinski definition) is 6. The van der Waals surface area contributed by atoms with Crippen molar-refractivity contribution < 1.29 is 19.6 Å². The average molecular weight is 359 g/mol. The van der Waals surface area contributed by atoms with Crippen LogP contribution in [0.25, 0.3) is 0 Å². The van der Waals surface area contributed by atoms with E-state index in [2.05, 4.69) is 10.6 Å². The van der Waals surface area contributed by atoms with Gasteiger partial charge in [0.1, 0.15) is 11.1 Å². The van der Waals surface area contributed by atoms with Crippen LogP contribution in [0.4, 0.5) is 11.4 Å². The molecule has 3 N–H and O–H groups in total. The monoisotopic (exact) mass is 358 g/mol. The van der Waals surface area contributed by atoms with E-state index in [0.717, 1.165) is 6.07 Å². The normalized spacial score (nSPS) is 12.0. The Balaban J connectivity index is 2.67. The van der Waals surface area contributed by atoms with Crippen molar-refractivity contribution in [2.75, 3.05) is 32.5 Å². The molecule has 0 aliphatic carbocycles. The Morgan fingerprint density at radius 1 is 1.42 bits per heavy atom. The third-order valence-corrected chi connectivity index (χ3v) is 3.38. The summed E-state index contributed by atoms with van der Waals surface area (Å²) in [6, 6.07) is 2.77. The Morgan fingerprint density at radius 3 is 2.62 bits per heavy atom. The van der Waals surface area contributed by atoms with Gasteiger partial charge < -0.3 is 20.6 Å². The van der Waals surface area contributed by atoms with Crippen molar-refractivity contribution in [1.29, 1.82) is 0 Å². The molecule has 1 rings (SSSR count). The summed E-state index contributed by atoms with van der Waals surface area (Å²) in [6.45, 7) is 1.03. The Labute approximate surface area is 143 Å². The summed E-state index contributed by atoms with van der Waals surface area (Å²) in [6.07, 6.45) is -0.306. The van der Waals surface area contributed by atoms with E-state index in [4.69, 9.17) is 16.7 Å². The zero-order valence-corrected chi connectivity index (χ0v) is 14.0. The average Bonchev–Trinajstić information content (AvgIpc) is 2.47. The highest BCUT2D eigenvalue weighted by Gasteiger charge is 2.21. The van der Waals surface area contributed by atoms with Gasteiger partial charge >= 0.3 is 5.97 Å². The van der Waals surface area contributed by atoms with Crippen molar-refractivity contribution in [1.82, 2.24) is 10.2 Å². The zero-order valence-electron chi connectivity index (χ0n) is 13.3. The van der Waals surface area contributed by atoms with Crippen LogP contribution in [0, 0.1) is 10.1 Å². The molecule has 0 radical (unpaired) electrons. The molecule has 0 aromatic heterocycles. The van der Waals surface area contributed by atoms with Crippen LogP contribution in [0.1, 0.15) is 6.42 Å². The number of halogens is 1. The number of nitrogens with one attached hydrogen (secondary N) is 2. The van der Waals surface area contributed by atoms with Crippen LogP contribution in [0.3, 0.4) is 0 Å². The van der Waals surface area contributed by atoms with E-state index in [9.17, 15) is 19.7 Å². The van der Waals surface area contributed by atoms with Gasteiger partial charge in [0.2, 0.25) is 5.91 Å². The number of carbonyl (C=O) groups is 2. The third-order valence-electron chi connectivity index (χ3n) is 3.06. The van der Waals surface area contributed by atoms with Crippen LogP contribution in [0.15, 0.2) is 18.2 Å². The highest BCUT2D eigenvalue weighted by Crippen LogP contribution is 2.27. The molecule has 0 bridgehead atoms. The van der Waals surface area contributed by atoms with Gasteiger partial charge in [-0.25, -0.2) is 0 Å². The minimum atomic E-state index is -1.15. The molecule has 0 fully saturated rings. The van der Waals surface area contributed by atoms with E-state index in [0.29, 0.717) is 13.1 Å². The number of amides is 1. The van der Waals surface area contributed by atoms with Gasteiger partial charge in [-0.05, 0) is 26.2 Å². The van der Waals surface area contributed by atoms with E-state index < -0.39 is 22.8 Å². The van der Waals surface area contributed by atoms with Crippen LogP contribution >= 0.6 is 11.6 Å². The summed E-state index contributed by atoms with van der Waals surface area (Å²) >= 11 is 5.69. The Hall–Kier alpha value is -2.23.